The maximum absolute atomic E-state index is 15.6. The molecule has 2 N–H and O–H groups in total. The summed E-state index contributed by atoms with van der Waals surface area (Å²) in [6.07, 6.45) is 2.32. The molecule has 1 aromatic carbocycles. The molecule has 2 aromatic rings. The van der Waals surface area contributed by atoms with Crippen LogP contribution in [-0.4, -0.2) is 54.1 Å². The Bertz CT molecular complexity index is 1280. The Labute approximate surface area is 185 Å². The van der Waals surface area contributed by atoms with E-state index in [1.165, 1.54) is 17.7 Å². The second-order valence-electron chi connectivity index (χ2n) is 9.37. The third-order valence-corrected chi connectivity index (χ3v) is 8.32. The van der Waals surface area contributed by atoms with E-state index in [0.717, 1.165) is 6.07 Å². The van der Waals surface area contributed by atoms with Gasteiger partial charge in [0.05, 0.1) is 28.4 Å². The van der Waals surface area contributed by atoms with E-state index in [1.807, 2.05) is 13.8 Å². The number of carbonyl (C=O) groups is 1. The third-order valence-electron chi connectivity index (χ3n) is 6.55. The van der Waals surface area contributed by atoms with Crippen LogP contribution >= 0.6 is 0 Å². The van der Waals surface area contributed by atoms with E-state index in [0.29, 0.717) is 19.3 Å². The molecule has 0 amide bonds. The molecule has 0 spiro atoms. The topological polar surface area (TPSA) is 117 Å². The maximum Gasteiger partial charge on any atom is 0.341 e. The van der Waals surface area contributed by atoms with Crippen molar-refractivity contribution in [2.75, 3.05) is 23.7 Å². The number of aliphatic hydroxyl groups is 1. The van der Waals surface area contributed by atoms with Crippen LogP contribution in [0.4, 0.5) is 10.1 Å². The van der Waals surface area contributed by atoms with Gasteiger partial charge in [-0.3, -0.25) is 4.79 Å². The van der Waals surface area contributed by atoms with Crippen LogP contribution < -0.4 is 10.3 Å². The Kier molecular flexibility index (Phi) is 5.36. The molecule has 4 rings (SSSR count). The Hall–Kier alpha value is -2.46. The zero-order chi connectivity index (χ0) is 23.6. The van der Waals surface area contributed by atoms with Crippen LogP contribution in [0.2, 0.25) is 0 Å². The molecule has 10 heteroatoms. The number of carboxylic acids is 1. The van der Waals surface area contributed by atoms with Crippen molar-refractivity contribution >= 4 is 32.4 Å². The van der Waals surface area contributed by atoms with Gasteiger partial charge in [0.1, 0.15) is 16.3 Å². The Balaban J connectivity index is 2.13. The van der Waals surface area contributed by atoms with Crippen LogP contribution in [0.15, 0.2) is 22.0 Å². The Morgan fingerprint density at radius 2 is 1.94 bits per heavy atom. The van der Waals surface area contributed by atoms with Gasteiger partial charge in [0.2, 0.25) is 5.43 Å². The number of aromatic carboxylic acids is 1. The number of nitrogens with zero attached hydrogens (tertiary/aromatic N) is 2. The molecule has 1 unspecified atom stereocenters. The van der Waals surface area contributed by atoms with Gasteiger partial charge in [0, 0.05) is 30.7 Å². The number of rotatable bonds is 5. The highest BCUT2D eigenvalue weighted by atomic mass is 32.2. The van der Waals surface area contributed by atoms with E-state index in [2.05, 4.69) is 0 Å². The molecule has 1 atom stereocenters. The second kappa shape index (κ2) is 7.55. The van der Waals surface area contributed by atoms with E-state index in [4.69, 9.17) is 0 Å². The van der Waals surface area contributed by atoms with Crippen LogP contribution in [0.5, 0.6) is 0 Å². The highest BCUT2D eigenvalue weighted by Gasteiger charge is 2.39. The lowest BCUT2D eigenvalue weighted by atomic mass is 9.81. The summed E-state index contributed by atoms with van der Waals surface area (Å²) in [6.45, 7) is 5.58. The first-order chi connectivity index (χ1) is 14.9. The molecule has 1 aliphatic carbocycles. The number of hydrogen-bond donors (Lipinski definition) is 2. The average Bonchev–Trinajstić information content (AvgIpc) is 3.54. The molecule has 1 saturated carbocycles. The number of aromatic nitrogens is 1. The molecule has 0 bridgehead atoms. The normalized spacial score (nSPS) is 21.2. The van der Waals surface area contributed by atoms with Crippen molar-refractivity contribution in [3.05, 3.63) is 33.9 Å². The number of pyridine rings is 1. The van der Waals surface area contributed by atoms with Crippen LogP contribution in [0.3, 0.4) is 0 Å². The van der Waals surface area contributed by atoms with Gasteiger partial charge in [-0.2, -0.15) is 0 Å². The maximum atomic E-state index is 15.6. The smallest absolute Gasteiger partial charge is 0.341 e. The third kappa shape index (κ3) is 3.59. The molecule has 32 heavy (non-hydrogen) atoms. The summed E-state index contributed by atoms with van der Waals surface area (Å²) in [5.74, 6) is -2.64. The molecule has 2 aliphatic rings. The number of carboxylic acid groups (broad SMARTS) is 1. The lowest BCUT2D eigenvalue weighted by Gasteiger charge is -2.43. The molecule has 1 saturated heterocycles. The van der Waals surface area contributed by atoms with Crippen molar-refractivity contribution in [2.24, 2.45) is 5.41 Å². The fourth-order valence-corrected chi connectivity index (χ4v) is 5.83. The summed E-state index contributed by atoms with van der Waals surface area (Å²) < 4.78 is 43.7. The number of anilines is 1. The quantitative estimate of drug-likeness (QED) is 0.696. The summed E-state index contributed by atoms with van der Waals surface area (Å²) in [7, 11) is -4.01. The predicted octanol–water partition coefficient (Wildman–Crippen LogP) is 2.56. The van der Waals surface area contributed by atoms with Gasteiger partial charge < -0.3 is 19.7 Å². The van der Waals surface area contributed by atoms with Crippen molar-refractivity contribution in [1.82, 2.24) is 4.57 Å². The minimum Gasteiger partial charge on any atom is -0.477 e. The molecule has 0 radical (unpaired) electrons. The summed E-state index contributed by atoms with van der Waals surface area (Å²) >= 11 is 0. The fraction of sp³-hybridized carbons (Fsp3) is 0.545. The van der Waals surface area contributed by atoms with Crippen molar-refractivity contribution in [3.8, 4) is 0 Å². The van der Waals surface area contributed by atoms with Crippen LogP contribution in [0.25, 0.3) is 10.9 Å². The van der Waals surface area contributed by atoms with Crippen molar-refractivity contribution < 1.29 is 27.8 Å². The minimum atomic E-state index is -4.01. The van der Waals surface area contributed by atoms with Crippen molar-refractivity contribution in [3.63, 3.8) is 0 Å². The number of sulfone groups is 1. The number of piperidine rings is 1. The number of aliphatic hydroxyl groups excluding tert-OH is 1. The first-order valence-corrected chi connectivity index (χ1v) is 12.3. The van der Waals surface area contributed by atoms with Gasteiger partial charge in [0.15, 0.2) is 9.84 Å². The van der Waals surface area contributed by atoms with Gasteiger partial charge in [-0.05, 0) is 25.3 Å². The number of halogens is 1. The Morgan fingerprint density at radius 1 is 1.28 bits per heavy atom. The second-order valence-corrected chi connectivity index (χ2v) is 11.6. The van der Waals surface area contributed by atoms with Crippen LogP contribution in [0.1, 0.15) is 56.4 Å². The number of hydrogen-bond acceptors (Lipinski definition) is 6. The van der Waals surface area contributed by atoms with E-state index in [1.54, 1.807) is 4.90 Å². The number of fused-ring (bicyclic) bond motifs is 1. The van der Waals surface area contributed by atoms with Gasteiger partial charge >= 0.3 is 5.97 Å². The van der Waals surface area contributed by atoms with E-state index >= 15 is 4.39 Å². The van der Waals surface area contributed by atoms with E-state index < -0.39 is 44.1 Å². The van der Waals surface area contributed by atoms with Crippen LogP contribution in [0, 0.1) is 11.2 Å². The highest BCUT2D eigenvalue weighted by molar-refractivity contribution is 7.91. The molecule has 2 fully saturated rings. The first kappa shape index (κ1) is 22.7. The van der Waals surface area contributed by atoms with E-state index in [9.17, 15) is 28.2 Å². The molecular formula is C22H27FN2O6S. The first-order valence-electron chi connectivity index (χ1n) is 10.7. The summed E-state index contributed by atoms with van der Waals surface area (Å²) in [5.41, 5.74) is -2.08. The molecule has 174 valence electrons. The van der Waals surface area contributed by atoms with Crippen LogP contribution in [-0.2, 0) is 9.84 Å². The van der Waals surface area contributed by atoms with Gasteiger partial charge in [0.25, 0.3) is 0 Å². The van der Waals surface area contributed by atoms with E-state index in [-0.39, 0.29) is 46.4 Å². The van der Waals surface area contributed by atoms with Crippen molar-refractivity contribution in [1.29, 1.82) is 0 Å². The molecule has 1 aromatic heterocycles. The summed E-state index contributed by atoms with van der Waals surface area (Å²) in [6, 6.07) is 0.810. The average molecular weight is 467 g/mol. The van der Waals surface area contributed by atoms with Gasteiger partial charge in [-0.25, -0.2) is 17.6 Å². The molecular weight excluding hydrogens is 439 g/mol. The number of benzene rings is 1. The predicted molar refractivity (Wildman–Crippen MR) is 118 cm³/mol. The lowest BCUT2D eigenvalue weighted by Crippen LogP contribution is -2.49. The van der Waals surface area contributed by atoms with Crippen molar-refractivity contribution in [2.45, 2.75) is 57.1 Å². The zero-order valence-electron chi connectivity index (χ0n) is 18.3. The Morgan fingerprint density at radius 3 is 2.47 bits per heavy atom. The fourth-order valence-electron chi connectivity index (χ4n) is 4.51. The summed E-state index contributed by atoms with van der Waals surface area (Å²) in [4.78, 5) is 25.9. The standard InChI is InChI=1S/C22H27FN2O6S/c1-4-32(30,31)20-17-13(19(27)14(21(28)29)10-25(17)12-5-6-12)9-15(23)18(20)24-8-7-16(26)22(2,3)11-24/h9-10,12,16,26H,4-8,11H2,1-3H3,(H,28,29). The largest absolute Gasteiger partial charge is 0.477 e. The minimum absolute atomic E-state index is 0.0599. The SMILES string of the molecule is CCS(=O)(=O)c1c(N2CCC(O)C(C)(C)C2)c(F)cc2c(=O)c(C(=O)O)cn(C3CC3)c12. The zero-order valence-corrected chi connectivity index (χ0v) is 19.1. The van der Waals surface area contributed by atoms with Gasteiger partial charge in [-0.1, -0.05) is 20.8 Å². The molecule has 8 nitrogen and oxygen atoms in total. The lowest BCUT2D eigenvalue weighted by molar-refractivity contribution is 0.0333. The molecule has 1 aliphatic heterocycles. The monoisotopic (exact) mass is 466 g/mol. The summed E-state index contributed by atoms with van der Waals surface area (Å²) in [5, 5.41) is 19.6. The highest BCUT2D eigenvalue weighted by Crippen LogP contribution is 2.43. The molecule has 2 heterocycles. The van der Waals surface area contributed by atoms with Gasteiger partial charge in [-0.15, -0.1) is 0 Å².